The first-order valence-corrected chi connectivity index (χ1v) is 7.72. The van der Waals surface area contributed by atoms with Crippen molar-refractivity contribution >= 4 is 0 Å². The van der Waals surface area contributed by atoms with E-state index < -0.39 is 0 Å². The average Bonchev–Trinajstić information content (AvgIpc) is 3.25. The molecule has 0 radical (unpaired) electrons. The first-order chi connectivity index (χ1) is 9.13. The van der Waals surface area contributed by atoms with E-state index in [1.165, 1.54) is 12.8 Å². The Morgan fingerprint density at radius 1 is 1.42 bits per heavy atom. The number of aliphatic hydroxyl groups excluding tert-OH is 1. The second-order valence-electron chi connectivity index (χ2n) is 5.88. The lowest BCUT2D eigenvalue weighted by Gasteiger charge is -2.40. The molecule has 0 bridgehead atoms. The largest absolute Gasteiger partial charge is 0.394 e. The van der Waals surface area contributed by atoms with Crippen LogP contribution in [0.1, 0.15) is 40.0 Å². The van der Waals surface area contributed by atoms with E-state index in [1.54, 1.807) is 7.11 Å². The molecule has 0 saturated heterocycles. The fourth-order valence-electron chi connectivity index (χ4n) is 2.86. The molecule has 0 aromatic carbocycles. The zero-order valence-electron chi connectivity index (χ0n) is 13.1. The molecule has 4 heteroatoms. The van der Waals surface area contributed by atoms with Crippen molar-refractivity contribution in [3.05, 3.63) is 0 Å². The number of hydrogen-bond donors (Lipinski definition) is 2. The van der Waals surface area contributed by atoms with Gasteiger partial charge in [0.2, 0.25) is 0 Å². The SMILES string of the molecule is CCCNC(CO)(CN(CC)C(C)COC)C1CC1. The van der Waals surface area contributed by atoms with Gasteiger partial charge in [0.1, 0.15) is 0 Å². The zero-order chi connectivity index (χ0) is 14.3. The molecule has 0 heterocycles. The number of likely N-dealkylation sites (N-methyl/N-ethyl adjacent to an activating group) is 1. The molecule has 0 aliphatic heterocycles. The molecule has 0 aromatic heterocycles. The lowest BCUT2D eigenvalue weighted by atomic mass is 9.92. The Hall–Kier alpha value is -0.160. The van der Waals surface area contributed by atoms with Crippen molar-refractivity contribution < 1.29 is 9.84 Å². The summed E-state index contributed by atoms with van der Waals surface area (Å²) in [7, 11) is 1.75. The van der Waals surface area contributed by atoms with Gasteiger partial charge < -0.3 is 15.2 Å². The summed E-state index contributed by atoms with van der Waals surface area (Å²) in [6.07, 6.45) is 3.59. The van der Waals surface area contributed by atoms with E-state index in [4.69, 9.17) is 4.74 Å². The van der Waals surface area contributed by atoms with Gasteiger partial charge >= 0.3 is 0 Å². The Kier molecular flexibility index (Phi) is 7.29. The summed E-state index contributed by atoms with van der Waals surface area (Å²) >= 11 is 0. The fourth-order valence-corrected chi connectivity index (χ4v) is 2.86. The van der Waals surface area contributed by atoms with Crippen molar-refractivity contribution in [1.29, 1.82) is 0 Å². The van der Waals surface area contributed by atoms with E-state index in [1.807, 2.05) is 0 Å². The summed E-state index contributed by atoms with van der Waals surface area (Å²) in [5.41, 5.74) is -0.117. The Bertz CT molecular complexity index is 246. The fraction of sp³-hybridized carbons (Fsp3) is 1.00. The molecule has 19 heavy (non-hydrogen) atoms. The lowest BCUT2D eigenvalue weighted by molar-refractivity contribution is 0.0482. The molecular formula is C15H32N2O2. The molecule has 1 fully saturated rings. The van der Waals surface area contributed by atoms with Crippen LogP contribution in [0.5, 0.6) is 0 Å². The van der Waals surface area contributed by atoms with E-state index in [0.29, 0.717) is 12.0 Å². The van der Waals surface area contributed by atoms with Gasteiger partial charge in [-0.2, -0.15) is 0 Å². The summed E-state index contributed by atoms with van der Waals surface area (Å²) in [6, 6.07) is 0.392. The van der Waals surface area contributed by atoms with Crippen LogP contribution in [-0.2, 0) is 4.74 Å². The van der Waals surface area contributed by atoms with Gasteiger partial charge in [-0.3, -0.25) is 4.90 Å². The van der Waals surface area contributed by atoms with Gasteiger partial charge in [0.25, 0.3) is 0 Å². The Balaban J connectivity index is 2.68. The third kappa shape index (κ3) is 4.71. The highest BCUT2D eigenvalue weighted by molar-refractivity contribution is 5.03. The van der Waals surface area contributed by atoms with Crippen molar-refractivity contribution in [2.24, 2.45) is 5.92 Å². The molecule has 1 aliphatic carbocycles. The van der Waals surface area contributed by atoms with Gasteiger partial charge in [0.05, 0.1) is 18.8 Å². The third-order valence-corrected chi connectivity index (χ3v) is 4.29. The monoisotopic (exact) mass is 272 g/mol. The highest BCUT2D eigenvalue weighted by atomic mass is 16.5. The van der Waals surface area contributed by atoms with E-state index in [-0.39, 0.29) is 12.1 Å². The van der Waals surface area contributed by atoms with Crippen LogP contribution < -0.4 is 5.32 Å². The van der Waals surface area contributed by atoms with Gasteiger partial charge in [-0.1, -0.05) is 13.8 Å². The van der Waals surface area contributed by atoms with E-state index in [2.05, 4.69) is 31.0 Å². The van der Waals surface area contributed by atoms with Gasteiger partial charge in [-0.25, -0.2) is 0 Å². The Labute approximate surface area is 118 Å². The third-order valence-electron chi connectivity index (χ3n) is 4.29. The van der Waals surface area contributed by atoms with Crippen LogP contribution in [-0.4, -0.2) is 61.5 Å². The van der Waals surface area contributed by atoms with Gasteiger partial charge in [-0.05, 0) is 45.2 Å². The Morgan fingerprint density at radius 3 is 2.53 bits per heavy atom. The highest BCUT2D eigenvalue weighted by Crippen LogP contribution is 2.40. The quantitative estimate of drug-likeness (QED) is 0.598. The molecular weight excluding hydrogens is 240 g/mol. The molecule has 114 valence electrons. The smallest absolute Gasteiger partial charge is 0.0628 e. The van der Waals surface area contributed by atoms with Crippen LogP contribution in [0.25, 0.3) is 0 Å². The van der Waals surface area contributed by atoms with Crippen molar-refractivity contribution in [3.8, 4) is 0 Å². The minimum absolute atomic E-state index is 0.117. The van der Waals surface area contributed by atoms with Gasteiger partial charge in [0, 0.05) is 19.7 Å². The maximum atomic E-state index is 9.95. The number of nitrogens with one attached hydrogen (secondary N) is 1. The first-order valence-electron chi connectivity index (χ1n) is 7.72. The number of ether oxygens (including phenoxy) is 1. The van der Waals surface area contributed by atoms with Crippen LogP contribution >= 0.6 is 0 Å². The van der Waals surface area contributed by atoms with Crippen molar-refractivity contribution in [2.75, 3.05) is 40.0 Å². The molecule has 0 aromatic rings. The zero-order valence-corrected chi connectivity index (χ0v) is 13.1. The second kappa shape index (κ2) is 8.20. The molecule has 4 nitrogen and oxygen atoms in total. The molecule has 2 N–H and O–H groups in total. The van der Waals surface area contributed by atoms with Crippen molar-refractivity contribution in [3.63, 3.8) is 0 Å². The molecule has 2 unspecified atom stereocenters. The summed E-state index contributed by atoms with van der Waals surface area (Å²) < 4.78 is 5.27. The maximum absolute atomic E-state index is 9.95. The number of methoxy groups -OCH3 is 1. The van der Waals surface area contributed by atoms with Crippen molar-refractivity contribution in [2.45, 2.75) is 51.6 Å². The predicted molar refractivity (Wildman–Crippen MR) is 79.4 cm³/mol. The molecule has 2 atom stereocenters. The lowest BCUT2D eigenvalue weighted by Crippen LogP contribution is -2.59. The van der Waals surface area contributed by atoms with Crippen LogP contribution in [0, 0.1) is 5.92 Å². The molecule has 0 spiro atoms. The van der Waals surface area contributed by atoms with Crippen molar-refractivity contribution in [1.82, 2.24) is 10.2 Å². The molecule has 1 saturated carbocycles. The Morgan fingerprint density at radius 2 is 2.11 bits per heavy atom. The van der Waals surface area contributed by atoms with E-state index >= 15 is 0 Å². The summed E-state index contributed by atoms with van der Waals surface area (Å²) in [5.74, 6) is 0.632. The summed E-state index contributed by atoms with van der Waals surface area (Å²) in [4.78, 5) is 2.42. The van der Waals surface area contributed by atoms with Crippen LogP contribution in [0.4, 0.5) is 0 Å². The topological polar surface area (TPSA) is 44.7 Å². The maximum Gasteiger partial charge on any atom is 0.0628 e. The summed E-state index contributed by atoms with van der Waals surface area (Å²) in [6.45, 7) is 10.4. The predicted octanol–water partition coefficient (Wildman–Crippen LogP) is 1.48. The van der Waals surface area contributed by atoms with Crippen LogP contribution in [0.15, 0.2) is 0 Å². The summed E-state index contributed by atoms with van der Waals surface area (Å²) in [5, 5.41) is 13.6. The normalized spacial score (nSPS) is 20.5. The minimum atomic E-state index is -0.117. The number of nitrogens with zero attached hydrogens (tertiary/aromatic N) is 1. The standard InChI is InChI=1S/C15H32N2O2/c1-5-9-16-15(12-18,14-7-8-14)11-17(6-2)13(3)10-19-4/h13-14,16,18H,5-12H2,1-4H3. The molecule has 0 amide bonds. The van der Waals surface area contributed by atoms with E-state index in [0.717, 1.165) is 32.7 Å². The first kappa shape index (κ1) is 16.9. The molecule has 1 aliphatic rings. The van der Waals surface area contributed by atoms with Crippen LogP contribution in [0.3, 0.4) is 0 Å². The second-order valence-corrected chi connectivity index (χ2v) is 5.88. The minimum Gasteiger partial charge on any atom is -0.394 e. The highest BCUT2D eigenvalue weighted by Gasteiger charge is 2.45. The van der Waals surface area contributed by atoms with Gasteiger partial charge in [0.15, 0.2) is 0 Å². The van der Waals surface area contributed by atoms with E-state index in [9.17, 15) is 5.11 Å². The number of hydrogen-bond acceptors (Lipinski definition) is 4. The van der Waals surface area contributed by atoms with Crippen LogP contribution in [0.2, 0.25) is 0 Å². The molecule has 1 rings (SSSR count). The number of aliphatic hydroxyl groups is 1. The average molecular weight is 272 g/mol. The van der Waals surface area contributed by atoms with Gasteiger partial charge in [-0.15, -0.1) is 0 Å². The number of rotatable bonds is 11.